The maximum atomic E-state index is 14.2. The fourth-order valence-corrected chi connectivity index (χ4v) is 2.73. The lowest BCUT2D eigenvalue weighted by atomic mass is 9.82. The van der Waals surface area contributed by atoms with E-state index < -0.39 is 30.9 Å². The van der Waals surface area contributed by atoms with E-state index in [4.69, 9.17) is 4.74 Å². The lowest BCUT2D eigenvalue weighted by molar-refractivity contribution is -0.127. The van der Waals surface area contributed by atoms with Crippen LogP contribution < -0.4 is 4.74 Å². The van der Waals surface area contributed by atoms with Crippen molar-refractivity contribution in [1.29, 1.82) is 0 Å². The fraction of sp³-hybridized carbons (Fsp3) is 0.571. The molecule has 1 aliphatic heterocycles. The van der Waals surface area contributed by atoms with Gasteiger partial charge in [0.25, 0.3) is 13.3 Å². The van der Waals surface area contributed by atoms with Gasteiger partial charge in [-0.2, -0.15) is 13.2 Å². The van der Waals surface area contributed by atoms with Crippen molar-refractivity contribution < 1.29 is 31.5 Å². The number of rotatable bonds is 5. The number of alkyl halides is 5. The van der Waals surface area contributed by atoms with Gasteiger partial charge in [-0.05, 0) is 24.7 Å². The van der Waals surface area contributed by atoms with Gasteiger partial charge in [0.1, 0.15) is 0 Å². The summed E-state index contributed by atoms with van der Waals surface area (Å²) in [5, 5.41) is 0. The van der Waals surface area contributed by atoms with E-state index in [9.17, 15) is 26.7 Å². The topological polar surface area (TPSA) is 42.4 Å². The van der Waals surface area contributed by atoms with E-state index in [0.29, 0.717) is 6.19 Å². The third kappa shape index (κ3) is 4.43. The second-order valence-corrected chi connectivity index (χ2v) is 5.57. The van der Waals surface area contributed by atoms with Crippen molar-refractivity contribution in [3.63, 3.8) is 0 Å². The first-order chi connectivity index (χ1) is 11.2. The van der Waals surface area contributed by atoms with Gasteiger partial charge in [-0.3, -0.25) is 0 Å². The Kier molecular flexibility index (Phi) is 5.47. The first-order valence-electron chi connectivity index (χ1n) is 7.16. The normalized spacial score (nSPS) is 21.3. The van der Waals surface area contributed by atoms with Crippen LogP contribution in [0.25, 0.3) is 0 Å². The van der Waals surface area contributed by atoms with E-state index in [0.717, 1.165) is 26.8 Å². The van der Waals surface area contributed by atoms with Crippen molar-refractivity contribution >= 4 is 13.6 Å². The molecule has 0 spiro atoms. The quantitative estimate of drug-likeness (QED) is 0.465. The monoisotopic (exact) mass is 349 g/mol. The molecule has 0 saturated carbocycles. The van der Waals surface area contributed by atoms with Crippen LogP contribution in [-0.2, 0) is 11.2 Å². The summed E-state index contributed by atoms with van der Waals surface area (Å²) in [6, 6.07) is 1.06. The number of hydrogen-bond donors (Lipinski definition) is 0. The maximum absolute atomic E-state index is 14.2. The highest BCUT2D eigenvalue weighted by Gasteiger charge is 2.45. The first kappa shape index (κ1) is 18.6. The highest BCUT2D eigenvalue weighted by molar-refractivity contribution is 6.64. The SMILES string of the molecule is COc1ncc(C2CN([B]C=O)CCC2(F)F)cc1CC(F)(F)F. The predicted molar refractivity (Wildman–Crippen MR) is 76.9 cm³/mol. The van der Waals surface area contributed by atoms with Crippen LogP contribution in [0.1, 0.15) is 23.5 Å². The molecule has 1 saturated heterocycles. The maximum Gasteiger partial charge on any atom is 0.393 e. The van der Waals surface area contributed by atoms with Gasteiger partial charge >= 0.3 is 6.18 Å². The highest BCUT2D eigenvalue weighted by atomic mass is 19.4. The summed E-state index contributed by atoms with van der Waals surface area (Å²) in [5.74, 6) is -4.70. The van der Waals surface area contributed by atoms with Crippen LogP contribution in [-0.4, -0.2) is 55.7 Å². The van der Waals surface area contributed by atoms with Gasteiger partial charge in [0.15, 0.2) is 0 Å². The molecule has 0 bridgehead atoms. The van der Waals surface area contributed by atoms with Gasteiger partial charge in [-0.15, -0.1) is 0 Å². The van der Waals surface area contributed by atoms with Gasteiger partial charge in [0.2, 0.25) is 5.88 Å². The minimum absolute atomic E-state index is 0.00122. The van der Waals surface area contributed by atoms with E-state index in [-0.39, 0.29) is 30.1 Å². The van der Waals surface area contributed by atoms with Crippen LogP contribution in [0, 0.1) is 0 Å². The number of carbonyl (C=O) groups excluding carboxylic acids is 1. The molecule has 0 amide bonds. The highest BCUT2D eigenvalue weighted by Crippen LogP contribution is 2.41. The molecule has 1 fully saturated rings. The number of halogens is 5. The number of carbonyl (C=O) groups is 1. The molecule has 1 aromatic heterocycles. The molecule has 10 heteroatoms. The number of aromatic nitrogens is 1. The standard InChI is InChI=1S/C14H15BF5N2O2/c1-24-12-9(5-14(18,19)20)4-10(6-21-12)11-7-22(15-8-23)3-2-13(11,16)17/h4,6,8,11H,2-3,5,7H2,1H3. The number of nitrogens with zero attached hydrogens (tertiary/aromatic N) is 2. The summed E-state index contributed by atoms with van der Waals surface area (Å²) < 4.78 is 71.2. The summed E-state index contributed by atoms with van der Waals surface area (Å²) in [7, 11) is 2.31. The average molecular weight is 349 g/mol. The molecule has 1 radical (unpaired) electrons. The number of piperidine rings is 1. The lowest BCUT2D eigenvalue weighted by Gasteiger charge is -2.38. The molecule has 4 nitrogen and oxygen atoms in total. The molecule has 1 atom stereocenters. The lowest BCUT2D eigenvalue weighted by Crippen LogP contribution is -2.47. The Bertz CT molecular complexity index is 597. The summed E-state index contributed by atoms with van der Waals surface area (Å²) in [6.07, 6.45) is -4.74. The van der Waals surface area contributed by atoms with Crippen LogP contribution in [0.2, 0.25) is 0 Å². The van der Waals surface area contributed by atoms with E-state index in [1.54, 1.807) is 0 Å². The van der Waals surface area contributed by atoms with Crippen LogP contribution >= 0.6 is 0 Å². The molecule has 0 aliphatic carbocycles. The zero-order valence-corrected chi connectivity index (χ0v) is 12.8. The average Bonchev–Trinajstić information content (AvgIpc) is 2.47. The molecule has 2 rings (SSSR count). The van der Waals surface area contributed by atoms with Crippen molar-refractivity contribution in [2.75, 3.05) is 20.2 Å². The summed E-state index contributed by atoms with van der Waals surface area (Å²) in [6.45, 7) is -0.174. The summed E-state index contributed by atoms with van der Waals surface area (Å²) in [5.41, 5.74) is -0.307. The Morgan fingerprint density at radius 1 is 1.50 bits per heavy atom. The van der Waals surface area contributed by atoms with E-state index in [2.05, 4.69) is 4.98 Å². The van der Waals surface area contributed by atoms with Crippen LogP contribution in [0.4, 0.5) is 22.0 Å². The molecular formula is C14H15BF5N2O2. The van der Waals surface area contributed by atoms with Crippen molar-refractivity contribution in [2.24, 2.45) is 0 Å². The molecule has 1 aromatic rings. The Balaban J connectivity index is 2.34. The van der Waals surface area contributed by atoms with Crippen molar-refractivity contribution in [2.45, 2.75) is 30.9 Å². The van der Waals surface area contributed by atoms with Crippen molar-refractivity contribution in [3.8, 4) is 5.88 Å². The van der Waals surface area contributed by atoms with Crippen LogP contribution in [0.5, 0.6) is 5.88 Å². The van der Waals surface area contributed by atoms with Gasteiger partial charge in [-0.25, -0.2) is 13.8 Å². The fourth-order valence-electron chi connectivity index (χ4n) is 2.73. The van der Waals surface area contributed by atoms with Gasteiger partial charge < -0.3 is 14.3 Å². The van der Waals surface area contributed by atoms with Gasteiger partial charge in [0.05, 0.1) is 25.6 Å². The van der Waals surface area contributed by atoms with E-state index in [1.807, 2.05) is 0 Å². The van der Waals surface area contributed by atoms with Crippen LogP contribution in [0.3, 0.4) is 0 Å². The number of ether oxygens (including phenoxy) is 1. The number of methoxy groups -OCH3 is 1. The Morgan fingerprint density at radius 2 is 2.21 bits per heavy atom. The molecule has 1 unspecified atom stereocenters. The minimum atomic E-state index is -4.51. The van der Waals surface area contributed by atoms with Gasteiger partial charge in [0, 0.05) is 18.2 Å². The molecule has 24 heavy (non-hydrogen) atoms. The Labute approximate surface area is 136 Å². The van der Waals surface area contributed by atoms with Crippen LogP contribution in [0.15, 0.2) is 12.3 Å². The summed E-state index contributed by atoms with van der Waals surface area (Å²) in [4.78, 5) is 15.7. The summed E-state index contributed by atoms with van der Waals surface area (Å²) >= 11 is 0. The molecule has 0 N–H and O–H groups in total. The molecule has 131 valence electrons. The second kappa shape index (κ2) is 7.04. The number of hydrogen-bond acceptors (Lipinski definition) is 4. The van der Waals surface area contributed by atoms with Gasteiger partial charge in [-0.1, -0.05) is 0 Å². The zero-order chi connectivity index (χ0) is 18.0. The second-order valence-electron chi connectivity index (χ2n) is 5.57. The van der Waals surface area contributed by atoms with Crippen molar-refractivity contribution in [3.05, 3.63) is 23.4 Å². The Hall–Kier alpha value is -1.71. The van der Waals surface area contributed by atoms with Crippen molar-refractivity contribution in [1.82, 2.24) is 9.79 Å². The molecule has 1 aliphatic rings. The molecular weight excluding hydrogens is 334 g/mol. The van der Waals surface area contributed by atoms with E-state index >= 15 is 0 Å². The van der Waals surface area contributed by atoms with E-state index in [1.165, 1.54) is 4.81 Å². The largest absolute Gasteiger partial charge is 0.481 e. The third-order valence-corrected chi connectivity index (χ3v) is 3.86. The zero-order valence-electron chi connectivity index (χ0n) is 12.8. The Morgan fingerprint density at radius 3 is 2.79 bits per heavy atom. The predicted octanol–water partition coefficient (Wildman–Crippen LogP) is 2.43. The third-order valence-electron chi connectivity index (χ3n) is 3.86. The molecule has 0 aromatic carbocycles. The smallest absolute Gasteiger partial charge is 0.393 e. The number of pyridine rings is 1. The first-order valence-corrected chi connectivity index (χ1v) is 7.16. The molecule has 2 heterocycles. The minimum Gasteiger partial charge on any atom is -0.481 e.